The molecule has 1 saturated heterocycles. The van der Waals surface area contributed by atoms with Crippen molar-refractivity contribution in [2.75, 3.05) is 33.2 Å². The molecule has 1 aromatic carbocycles. The van der Waals surface area contributed by atoms with Crippen molar-refractivity contribution in [1.29, 1.82) is 0 Å². The molecule has 0 saturated carbocycles. The summed E-state index contributed by atoms with van der Waals surface area (Å²) in [6.45, 7) is 7.88. The van der Waals surface area contributed by atoms with Crippen molar-refractivity contribution in [3.8, 4) is 0 Å². The lowest BCUT2D eigenvalue weighted by molar-refractivity contribution is -0.136. The molecule has 1 atom stereocenters. The summed E-state index contributed by atoms with van der Waals surface area (Å²) in [4.78, 5) is 16.7. The SMILES string of the molecule is Cc1ccccc1CC(C)C(=O)N1CCN(C)CC1. The number of hydrogen-bond acceptors (Lipinski definition) is 2. The fourth-order valence-corrected chi connectivity index (χ4v) is 2.59. The van der Waals surface area contributed by atoms with Gasteiger partial charge in [0.1, 0.15) is 0 Å². The fourth-order valence-electron chi connectivity index (χ4n) is 2.59. The monoisotopic (exact) mass is 260 g/mol. The third-order valence-corrected chi connectivity index (χ3v) is 4.02. The van der Waals surface area contributed by atoms with Gasteiger partial charge < -0.3 is 9.80 Å². The molecule has 1 aromatic rings. The first-order valence-corrected chi connectivity index (χ1v) is 7.10. The van der Waals surface area contributed by atoms with E-state index in [2.05, 4.69) is 37.1 Å². The first kappa shape index (κ1) is 14.1. The van der Waals surface area contributed by atoms with Gasteiger partial charge >= 0.3 is 0 Å². The number of likely N-dealkylation sites (N-methyl/N-ethyl adjacent to an activating group) is 1. The van der Waals surface area contributed by atoms with Crippen LogP contribution in [0.2, 0.25) is 0 Å². The minimum Gasteiger partial charge on any atom is -0.340 e. The quantitative estimate of drug-likeness (QED) is 0.829. The lowest BCUT2D eigenvalue weighted by atomic mass is 9.96. The van der Waals surface area contributed by atoms with Crippen molar-refractivity contribution in [3.63, 3.8) is 0 Å². The molecule has 1 fully saturated rings. The van der Waals surface area contributed by atoms with E-state index in [-0.39, 0.29) is 5.92 Å². The van der Waals surface area contributed by atoms with Crippen LogP contribution in [0.5, 0.6) is 0 Å². The summed E-state index contributed by atoms with van der Waals surface area (Å²) in [6.07, 6.45) is 0.845. The van der Waals surface area contributed by atoms with Crippen LogP contribution >= 0.6 is 0 Å². The van der Waals surface area contributed by atoms with Crippen LogP contribution in [0.4, 0.5) is 0 Å². The average molecular weight is 260 g/mol. The van der Waals surface area contributed by atoms with Gasteiger partial charge in [0, 0.05) is 32.1 Å². The largest absolute Gasteiger partial charge is 0.340 e. The first-order chi connectivity index (χ1) is 9.08. The number of hydrogen-bond donors (Lipinski definition) is 0. The van der Waals surface area contributed by atoms with E-state index in [1.807, 2.05) is 17.9 Å². The summed E-state index contributed by atoms with van der Waals surface area (Å²) in [5.41, 5.74) is 2.57. The molecule has 0 aromatic heterocycles. The second-order valence-corrected chi connectivity index (χ2v) is 5.66. The smallest absolute Gasteiger partial charge is 0.225 e. The minimum atomic E-state index is 0.0736. The highest BCUT2D eigenvalue weighted by Crippen LogP contribution is 2.15. The van der Waals surface area contributed by atoms with Crippen LogP contribution < -0.4 is 0 Å². The summed E-state index contributed by atoms with van der Waals surface area (Å²) in [7, 11) is 2.11. The second-order valence-electron chi connectivity index (χ2n) is 5.66. The van der Waals surface area contributed by atoms with Crippen molar-refractivity contribution in [2.45, 2.75) is 20.3 Å². The molecule has 1 unspecified atom stereocenters. The number of piperazine rings is 1. The summed E-state index contributed by atoms with van der Waals surface area (Å²) >= 11 is 0. The van der Waals surface area contributed by atoms with Gasteiger partial charge in [0.25, 0.3) is 0 Å². The maximum absolute atomic E-state index is 12.4. The molecule has 1 aliphatic heterocycles. The van der Waals surface area contributed by atoms with E-state index in [4.69, 9.17) is 0 Å². The zero-order valence-corrected chi connectivity index (χ0v) is 12.2. The van der Waals surface area contributed by atoms with Crippen LogP contribution in [-0.2, 0) is 11.2 Å². The van der Waals surface area contributed by atoms with Gasteiger partial charge in [0.2, 0.25) is 5.91 Å². The highest BCUT2D eigenvalue weighted by molar-refractivity contribution is 5.79. The molecule has 3 heteroatoms. The predicted octanol–water partition coefficient (Wildman–Crippen LogP) is 1.95. The number of benzene rings is 1. The van der Waals surface area contributed by atoms with Crippen molar-refractivity contribution >= 4 is 5.91 Å². The Hall–Kier alpha value is -1.35. The molecule has 19 heavy (non-hydrogen) atoms. The van der Waals surface area contributed by atoms with Gasteiger partial charge in [-0.25, -0.2) is 0 Å². The second kappa shape index (κ2) is 6.20. The Morgan fingerprint density at radius 3 is 2.47 bits per heavy atom. The summed E-state index contributed by atoms with van der Waals surface area (Å²) in [5.74, 6) is 0.376. The Morgan fingerprint density at radius 1 is 1.21 bits per heavy atom. The predicted molar refractivity (Wildman–Crippen MR) is 78.1 cm³/mol. The molecule has 0 aliphatic carbocycles. The maximum Gasteiger partial charge on any atom is 0.225 e. The molecule has 0 bridgehead atoms. The Kier molecular flexibility index (Phi) is 4.59. The Labute approximate surface area is 116 Å². The van der Waals surface area contributed by atoms with Crippen LogP contribution in [0.3, 0.4) is 0 Å². The highest BCUT2D eigenvalue weighted by atomic mass is 16.2. The van der Waals surface area contributed by atoms with Crippen LogP contribution in [0.1, 0.15) is 18.1 Å². The number of aryl methyl sites for hydroxylation is 1. The number of nitrogens with zero attached hydrogens (tertiary/aromatic N) is 2. The van der Waals surface area contributed by atoms with E-state index in [9.17, 15) is 4.79 Å². The van der Waals surface area contributed by atoms with Gasteiger partial charge in [-0.05, 0) is 31.5 Å². The Balaban J connectivity index is 1.94. The number of carbonyl (C=O) groups is 1. The summed E-state index contributed by atoms with van der Waals surface area (Å²) in [5, 5.41) is 0. The number of carbonyl (C=O) groups excluding carboxylic acids is 1. The zero-order valence-electron chi connectivity index (χ0n) is 12.2. The third-order valence-electron chi connectivity index (χ3n) is 4.02. The van der Waals surface area contributed by atoms with Crippen molar-refractivity contribution < 1.29 is 4.79 Å². The topological polar surface area (TPSA) is 23.6 Å². The maximum atomic E-state index is 12.4. The summed E-state index contributed by atoms with van der Waals surface area (Å²) < 4.78 is 0. The van der Waals surface area contributed by atoms with Gasteiger partial charge in [0.05, 0.1) is 0 Å². The van der Waals surface area contributed by atoms with Crippen LogP contribution in [-0.4, -0.2) is 48.9 Å². The molecule has 1 heterocycles. The molecule has 3 nitrogen and oxygen atoms in total. The van der Waals surface area contributed by atoms with E-state index < -0.39 is 0 Å². The van der Waals surface area contributed by atoms with Crippen molar-refractivity contribution in [3.05, 3.63) is 35.4 Å². The van der Waals surface area contributed by atoms with Crippen LogP contribution in [0.25, 0.3) is 0 Å². The Morgan fingerprint density at radius 2 is 1.84 bits per heavy atom. The van der Waals surface area contributed by atoms with Gasteiger partial charge in [-0.2, -0.15) is 0 Å². The molecule has 0 N–H and O–H groups in total. The normalized spacial score (nSPS) is 18.4. The number of rotatable bonds is 3. The zero-order chi connectivity index (χ0) is 13.8. The van der Waals surface area contributed by atoms with Crippen molar-refractivity contribution in [2.24, 2.45) is 5.92 Å². The standard InChI is InChI=1S/C16H24N2O/c1-13-6-4-5-7-15(13)12-14(2)16(19)18-10-8-17(3)9-11-18/h4-7,14H,8-12H2,1-3H3. The minimum absolute atomic E-state index is 0.0736. The van der Waals surface area contributed by atoms with Gasteiger partial charge in [-0.1, -0.05) is 31.2 Å². The van der Waals surface area contributed by atoms with E-state index >= 15 is 0 Å². The molecular formula is C16H24N2O. The molecule has 104 valence electrons. The fraction of sp³-hybridized carbons (Fsp3) is 0.562. The average Bonchev–Trinajstić information content (AvgIpc) is 2.41. The lowest BCUT2D eigenvalue weighted by Crippen LogP contribution is -2.48. The molecule has 0 spiro atoms. The Bertz CT molecular complexity index is 436. The third kappa shape index (κ3) is 3.57. The highest BCUT2D eigenvalue weighted by Gasteiger charge is 2.23. The molecule has 2 rings (SSSR count). The molecular weight excluding hydrogens is 236 g/mol. The van der Waals surface area contributed by atoms with Gasteiger partial charge in [-0.15, -0.1) is 0 Å². The van der Waals surface area contributed by atoms with Crippen LogP contribution in [0.15, 0.2) is 24.3 Å². The van der Waals surface area contributed by atoms with Crippen LogP contribution in [0, 0.1) is 12.8 Å². The van der Waals surface area contributed by atoms with Crippen molar-refractivity contribution in [1.82, 2.24) is 9.80 Å². The van der Waals surface area contributed by atoms with E-state index in [0.717, 1.165) is 32.6 Å². The molecule has 0 radical (unpaired) electrons. The lowest BCUT2D eigenvalue weighted by Gasteiger charge is -2.34. The number of amides is 1. The molecule has 1 amide bonds. The van der Waals surface area contributed by atoms with Gasteiger partial charge in [-0.3, -0.25) is 4.79 Å². The summed E-state index contributed by atoms with van der Waals surface area (Å²) in [6, 6.07) is 8.34. The van der Waals surface area contributed by atoms with Gasteiger partial charge in [0.15, 0.2) is 0 Å². The van der Waals surface area contributed by atoms with E-state index in [1.54, 1.807) is 0 Å². The molecule has 1 aliphatic rings. The first-order valence-electron chi connectivity index (χ1n) is 7.10. The van der Waals surface area contributed by atoms with E-state index in [0.29, 0.717) is 5.91 Å². The van der Waals surface area contributed by atoms with E-state index in [1.165, 1.54) is 11.1 Å².